The highest BCUT2D eigenvalue weighted by atomic mass is 15.0. The minimum atomic E-state index is 0.578. The number of hydrogen-bond donors (Lipinski definition) is 0. The summed E-state index contributed by atoms with van der Waals surface area (Å²) >= 11 is 0. The Hall–Kier alpha value is -7.49. The number of hydrogen-bond acceptors (Lipinski definition) is 4. The highest BCUT2D eigenvalue weighted by Gasteiger charge is 2.19. The minimum absolute atomic E-state index is 0.578. The highest BCUT2D eigenvalue weighted by Crippen LogP contribution is 2.38. The van der Waals surface area contributed by atoms with Crippen molar-refractivity contribution in [1.29, 1.82) is 0 Å². The molecule has 0 aliphatic rings. The Morgan fingerprint density at radius 1 is 0.453 bits per heavy atom. The normalized spacial score (nSPS) is 11.4. The molecule has 3 heterocycles. The first kappa shape index (κ1) is 30.3. The van der Waals surface area contributed by atoms with Gasteiger partial charge < -0.3 is 4.57 Å². The van der Waals surface area contributed by atoms with Gasteiger partial charge in [-0.2, -0.15) is 0 Å². The van der Waals surface area contributed by atoms with Crippen molar-refractivity contribution in [3.63, 3.8) is 0 Å². The zero-order valence-electron chi connectivity index (χ0n) is 28.3. The Labute approximate surface area is 305 Å². The Morgan fingerprint density at radius 3 is 1.66 bits per heavy atom. The molecule has 6 nitrogen and oxygen atoms in total. The molecule has 0 bridgehead atoms. The largest absolute Gasteiger partial charge is 0.309 e. The molecular formula is C47H28N6. The fraction of sp³-hybridized carbons (Fsp3) is 0. The lowest BCUT2D eigenvalue weighted by molar-refractivity contribution is 1.08. The Bertz CT molecular complexity index is 2960. The van der Waals surface area contributed by atoms with Crippen LogP contribution in [0.15, 0.2) is 170 Å². The van der Waals surface area contributed by atoms with Crippen molar-refractivity contribution in [1.82, 2.24) is 24.5 Å². The Morgan fingerprint density at radius 2 is 1.02 bits per heavy atom. The van der Waals surface area contributed by atoms with Gasteiger partial charge in [-0.05, 0) is 81.5 Å². The van der Waals surface area contributed by atoms with Gasteiger partial charge in [0.2, 0.25) is 0 Å². The summed E-state index contributed by atoms with van der Waals surface area (Å²) in [5.41, 5.74) is 8.37. The van der Waals surface area contributed by atoms with Crippen molar-refractivity contribution >= 4 is 49.0 Å². The second-order valence-electron chi connectivity index (χ2n) is 13.0. The van der Waals surface area contributed by atoms with Gasteiger partial charge in [0.15, 0.2) is 23.2 Å². The number of aromatic nitrogens is 5. The average molecular weight is 677 g/mol. The maximum Gasteiger partial charge on any atom is 0.188 e. The topological polar surface area (TPSA) is 60.9 Å². The van der Waals surface area contributed by atoms with Gasteiger partial charge in [-0.3, -0.25) is 4.98 Å². The van der Waals surface area contributed by atoms with Crippen molar-refractivity contribution in [2.75, 3.05) is 0 Å². The first-order valence-corrected chi connectivity index (χ1v) is 17.4. The first-order chi connectivity index (χ1) is 26.2. The molecule has 0 radical (unpaired) electrons. The Kier molecular flexibility index (Phi) is 7.09. The molecule has 0 amide bonds. The second-order valence-corrected chi connectivity index (χ2v) is 13.0. The maximum atomic E-state index is 7.79. The van der Waals surface area contributed by atoms with Crippen molar-refractivity contribution in [2.24, 2.45) is 0 Å². The maximum absolute atomic E-state index is 7.79. The zero-order chi connectivity index (χ0) is 35.3. The van der Waals surface area contributed by atoms with E-state index in [-0.39, 0.29) is 0 Å². The third-order valence-corrected chi connectivity index (χ3v) is 9.92. The molecule has 53 heavy (non-hydrogen) atoms. The molecule has 0 aliphatic heterocycles. The average Bonchev–Trinajstić information content (AvgIpc) is 3.56. The van der Waals surface area contributed by atoms with Crippen LogP contribution in [0.4, 0.5) is 5.69 Å². The van der Waals surface area contributed by atoms with E-state index in [2.05, 4.69) is 118 Å². The molecule has 3 aromatic heterocycles. The van der Waals surface area contributed by atoms with E-state index < -0.39 is 0 Å². The van der Waals surface area contributed by atoms with Gasteiger partial charge in [0.05, 0.1) is 23.3 Å². The summed E-state index contributed by atoms with van der Waals surface area (Å²) in [6.45, 7) is 7.79. The Balaban J connectivity index is 1.19. The molecular weight excluding hydrogens is 649 g/mol. The number of pyridine rings is 1. The van der Waals surface area contributed by atoms with Gasteiger partial charge in [-0.25, -0.2) is 19.8 Å². The predicted molar refractivity (Wildman–Crippen MR) is 215 cm³/mol. The van der Waals surface area contributed by atoms with Gasteiger partial charge in [0.1, 0.15) is 0 Å². The molecule has 7 aromatic carbocycles. The van der Waals surface area contributed by atoms with Crippen molar-refractivity contribution in [3.05, 3.63) is 181 Å². The predicted octanol–water partition coefficient (Wildman–Crippen LogP) is 11.9. The van der Waals surface area contributed by atoms with Crippen molar-refractivity contribution in [3.8, 4) is 51.1 Å². The molecule has 0 N–H and O–H groups in total. The van der Waals surface area contributed by atoms with Gasteiger partial charge in [0.25, 0.3) is 0 Å². The smallest absolute Gasteiger partial charge is 0.188 e. The fourth-order valence-electron chi connectivity index (χ4n) is 7.40. The van der Waals surface area contributed by atoms with E-state index in [0.29, 0.717) is 23.2 Å². The number of benzene rings is 7. The summed E-state index contributed by atoms with van der Waals surface area (Å²) in [6.07, 6.45) is 1.81. The van der Waals surface area contributed by atoms with Crippen LogP contribution in [0.1, 0.15) is 0 Å². The van der Waals surface area contributed by atoms with E-state index in [9.17, 15) is 0 Å². The number of nitrogens with zero attached hydrogens (tertiary/aromatic N) is 6. The molecule has 0 saturated heterocycles. The number of rotatable bonds is 5. The SMILES string of the molecule is [C-]#[N+]c1ccc2c(c1)c1cc(-c3nc(-c4cccc5ccccc45)nc(-c4cccc5ccccc45)n3)ccc1n2-c1ccc(-c2ccccn2)cc1. The zero-order valence-corrected chi connectivity index (χ0v) is 28.3. The quantitative estimate of drug-likeness (QED) is 0.170. The van der Waals surface area contributed by atoms with Crippen molar-refractivity contribution < 1.29 is 0 Å². The lowest BCUT2D eigenvalue weighted by Gasteiger charge is -2.12. The standard InChI is InChI=1S/C47H28N6/c1-48-34-22-26-44-41(29-34)40-28-33(21-25-43(40)53(44)35-23-19-32(20-24-35)42-18-6-7-27-49-42)45-50-46(38-16-8-12-30-10-2-4-14-36(30)38)52-47(51-45)39-17-9-13-31-11-3-5-15-37(31)39/h2-29H. The van der Waals surface area contributed by atoms with Crippen LogP contribution < -0.4 is 0 Å². The van der Waals surface area contributed by atoms with E-state index in [4.69, 9.17) is 21.5 Å². The molecule has 0 fully saturated rings. The molecule has 0 aliphatic carbocycles. The van der Waals surface area contributed by atoms with Crippen LogP contribution in [0.3, 0.4) is 0 Å². The summed E-state index contributed by atoms with van der Waals surface area (Å²) < 4.78 is 2.25. The van der Waals surface area contributed by atoms with Crippen LogP contribution in [-0.4, -0.2) is 24.5 Å². The van der Waals surface area contributed by atoms with E-state index in [1.54, 1.807) is 0 Å². The summed E-state index contributed by atoms with van der Waals surface area (Å²) in [5.74, 6) is 1.80. The minimum Gasteiger partial charge on any atom is -0.309 e. The molecule has 0 spiro atoms. The third-order valence-electron chi connectivity index (χ3n) is 9.92. The lowest BCUT2D eigenvalue weighted by Crippen LogP contribution is -2.01. The van der Waals surface area contributed by atoms with Crippen LogP contribution in [0.25, 0.3) is 99.3 Å². The first-order valence-electron chi connectivity index (χ1n) is 17.4. The summed E-state index contributed by atoms with van der Waals surface area (Å²) in [7, 11) is 0. The third kappa shape index (κ3) is 5.19. The molecule has 6 heteroatoms. The second kappa shape index (κ2) is 12.4. The highest BCUT2D eigenvalue weighted by molar-refractivity contribution is 6.11. The van der Waals surface area contributed by atoms with Crippen molar-refractivity contribution in [2.45, 2.75) is 0 Å². The molecule has 10 rings (SSSR count). The summed E-state index contributed by atoms with van der Waals surface area (Å²) in [6, 6.07) is 55.8. The van der Waals surface area contributed by atoms with Gasteiger partial charge in [0, 0.05) is 39.5 Å². The van der Waals surface area contributed by atoms with Crippen LogP contribution in [-0.2, 0) is 0 Å². The number of fused-ring (bicyclic) bond motifs is 5. The van der Waals surface area contributed by atoms with Crippen LogP contribution in [0, 0.1) is 6.57 Å². The van der Waals surface area contributed by atoms with Crippen LogP contribution in [0.5, 0.6) is 0 Å². The van der Waals surface area contributed by atoms with Crippen LogP contribution in [0.2, 0.25) is 0 Å². The van der Waals surface area contributed by atoms with Crippen LogP contribution >= 0.6 is 0 Å². The van der Waals surface area contributed by atoms with E-state index in [1.165, 1.54) is 0 Å². The molecule has 246 valence electrons. The summed E-state index contributed by atoms with van der Waals surface area (Å²) in [5, 5.41) is 6.40. The lowest BCUT2D eigenvalue weighted by atomic mass is 10.0. The summed E-state index contributed by atoms with van der Waals surface area (Å²) in [4.78, 5) is 23.8. The van der Waals surface area contributed by atoms with E-state index in [1.807, 2.05) is 66.9 Å². The van der Waals surface area contributed by atoms with Gasteiger partial charge in [-0.1, -0.05) is 109 Å². The van der Waals surface area contributed by atoms with E-state index >= 15 is 0 Å². The fourth-order valence-corrected chi connectivity index (χ4v) is 7.40. The molecule has 0 saturated carbocycles. The molecule has 0 atom stereocenters. The van der Waals surface area contributed by atoms with Gasteiger partial charge >= 0.3 is 0 Å². The van der Waals surface area contributed by atoms with Gasteiger partial charge in [-0.15, -0.1) is 0 Å². The monoisotopic (exact) mass is 676 g/mol. The molecule has 10 aromatic rings. The molecule has 0 unspecified atom stereocenters. The van der Waals surface area contributed by atoms with E-state index in [0.717, 1.165) is 77.0 Å².